The Morgan fingerprint density at radius 1 is 1.13 bits per heavy atom. The number of amides is 1. The van der Waals surface area contributed by atoms with E-state index < -0.39 is 10.9 Å². The number of hydrogen-bond donors (Lipinski definition) is 1. The van der Waals surface area contributed by atoms with Crippen LogP contribution in [0.25, 0.3) is 0 Å². The lowest BCUT2D eigenvalue weighted by Crippen LogP contribution is -2.49. The van der Waals surface area contributed by atoms with Crippen molar-refractivity contribution in [2.24, 2.45) is 0 Å². The maximum Gasteiger partial charge on any atom is 0.338 e. The van der Waals surface area contributed by atoms with Crippen molar-refractivity contribution in [3.63, 3.8) is 0 Å². The zero-order chi connectivity index (χ0) is 22.4. The molecule has 2 atom stereocenters. The molecule has 0 unspecified atom stereocenters. The standard InChI is InChI=1S/C23H27N3O5/c1-16-7-6-8-17(2)25(16)22(27)15-31-23(28)19-11-12-20(21(13-19)26(29)30)24-14-18-9-4-3-5-10-18/h3-5,9-13,16-17,24H,6-8,14-15H2,1-2H3/t16-,17-/m0/s1. The van der Waals surface area contributed by atoms with Gasteiger partial charge in [-0.2, -0.15) is 0 Å². The third-order valence-electron chi connectivity index (χ3n) is 5.56. The summed E-state index contributed by atoms with van der Waals surface area (Å²) in [5.74, 6) is -1.01. The molecule has 2 aromatic rings. The van der Waals surface area contributed by atoms with Crippen molar-refractivity contribution in [3.8, 4) is 0 Å². The molecule has 0 spiro atoms. The molecular formula is C23H27N3O5. The molecule has 0 radical (unpaired) electrons. The number of anilines is 1. The lowest BCUT2D eigenvalue weighted by molar-refractivity contribution is -0.384. The average Bonchev–Trinajstić information content (AvgIpc) is 2.76. The molecule has 1 aliphatic rings. The van der Waals surface area contributed by atoms with Gasteiger partial charge in [-0.05, 0) is 50.8 Å². The normalized spacial score (nSPS) is 18.3. The van der Waals surface area contributed by atoms with Gasteiger partial charge in [0.05, 0.1) is 10.5 Å². The van der Waals surface area contributed by atoms with Gasteiger partial charge in [-0.25, -0.2) is 4.79 Å². The van der Waals surface area contributed by atoms with Crippen LogP contribution in [0.5, 0.6) is 0 Å². The molecule has 1 heterocycles. The Bertz CT molecular complexity index is 937. The number of nitrogens with zero attached hydrogens (tertiary/aromatic N) is 2. The van der Waals surface area contributed by atoms with E-state index in [1.807, 2.05) is 44.2 Å². The van der Waals surface area contributed by atoms with Crippen molar-refractivity contribution in [2.45, 2.75) is 51.7 Å². The van der Waals surface area contributed by atoms with Crippen LogP contribution in [-0.4, -0.2) is 40.4 Å². The van der Waals surface area contributed by atoms with Gasteiger partial charge in [0.25, 0.3) is 11.6 Å². The number of nitro benzene ring substituents is 1. The third kappa shape index (κ3) is 5.59. The van der Waals surface area contributed by atoms with Gasteiger partial charge in [0.15, 0.2) is 6.61 Å². The van der Waals surface area contributed by atoms with E-state index in [-0.39, 0.29) is 35.8 Å². The number of carbonyl (C=O) groups excluding carboxylic acids is 2. The SMILES string of the molecule is C[C@H]1CCC[C@H](C)N1C(=O)COC(=O)c1ccc(NCc2ccccc2)c([N+](=O)[O-])c1. The zero-order valence-electron chi connectivity index (χ0n) is 17.7. The number of nitrogens with one attached hydrogen (secondary N) is 1. The summed E-state index contributed by atoms with van der Waals surface area (Å²) in [7, 11) is 0. The van der Waals surface area contributed by atoms with E-state index in [2.05, 4.69) is 5.32 Å². The summed E-state index contributed by atoms with van der Waals surface area (Å²) in [6.45, 7) is 4.00. The topological polar surface area (TPSA) is 102 Å². The lowest BCUT2D eigenvalue weighted by Gasteiger charge is -2.38. The molecule has 0 aromatic heterocycles. The zero-order valence-corrected chi connectivity index (χ0v) is 17.7. The van der Waals surface area contributed by atoms with Crippen LogP contribution in [0.15, 0.2) is 48.5 Å². The van der Waals surface area contributed by atoms with E-state index in [1.165, 1.54) is 18.2 Å². The van der Waals surface area contributed by atoms with Crippen molar-refractivity contribution in [1.29, 1.82) is 0 Å². The molecule has 8 nitrogen and oxygen atoms in total. The molecule has 1 N–H and O–H groups in total. The minimum atomic E-state index is -0.761. The van der Waals surface area contributed by atoms with Crippen molar-refractivity contribution < 1.29 is 19.2 Å². The van der Waals surface area contributed by atoms with Crippen molar-refractivity contribution in [3.05, 3.63) is 69.8 Å². The molecule has 31 heavy (non-hydrogen) atoms. The molecule has 0 bridgehead atoms. The van der Waals surface area contributed by atoms with Crippen LogP contribution >= 0.6 is 0 Å². The van der Waals surface area contributed by atoms with Crippen molar-refractivity contribution >= 4 is 23.3 Å². The Hall–Kier alpha value is -3.42. The van der Waals surface area contributed by atoms with Gasteiger partial charge in [-0.1, -0.05) is 30.3 Å². The highest BCUT2D eigenvalue weighted by atomic mass is 16.6. The fraction of sp³-hybridized carbons (Fsp3) is 0.391. The van der Waals surface area contributed by atoms with Crippen molar-refractivity contribution in [1.82, 2.24) is 4.90 Å². The fourth-order valence-electron chi connectivity index (χ4n) is 3.95. The smallest absolute Gasteiger partial charge is 0.338 e. The summed E-state index contributed by atoms with van der Waals surface area (Å²) in [5, 5.41) is 14.5. The first-order valence-corrected chi connectivity index (χ1v) is 10.4. The number of carbonyl (C=O) groups is 2. The van der Waals surface area contributed by atoms with Gasteiger partial charge in [-0.15, -0.1) is 0 Å². The summed E-state index contributed by atoms with van der Waals surface area (Å²) < 4.78 is 5.17. The molecule has 0 saturated carbocycles. The van der Waals surface area contributed by atoms with Gasteiger partial charge in [0, 0.05) is 24.7 Å². The second kappa shape index (κ2) is 10.1. The molecule has 1 saturated heterocycles. The van der Waals surface area contributed by atoms with Crippen LogP contribution in [0, 0.1) is 10.1 Å². The predicted molar refractivity (Wildman–Crippen MR) is 117 cm³/mol. The van der Waals surface area contributed by atoms with Crippen LogP contribution in [0.2, 0.25) is 0 Å². The first-order chi connectivity index (χ1) is 14.9. The molecule has 2 aromatic carbocycles. The number of esters is 1. The van der Waals surface area contributed by atoms with Crippen LogP contribution in [-0.2, 0) is 16.1 Å². The minimum absolute atomic E-state index is 0.0319. The first-order valence-electron chi connectivity index (χ1n) is 10.4. The third-order valence-corrected chi connectivity index (χ3v) is 5.56. The Kier molecular flexibility index (Phi) is 7.23. The van der Waals surface area contributed by atoms with Crippen LogP contribution in [0.4, 0.5) is 11.4 Å². The van der Waals surface area contributed by atoms with E-state index in [0.717, 1.165) is 24.8 Å². The number of ether oxygens (including phenoxy) is 1. The van der Waals surface area contributed by atoms with E-state index >= 15 is 0 Å². The molecule has 0 aliphatic carbocycles. The summed E-state index contributed by atoms with van der Waals surface area (Å²) in [6, 6.07) is 13.8. The van der Waals surface area contributed by atoms with E-state index in [0.29, 0.717) is 12.2 Å². The van der Waals surface area contributed by atoms with Gasteiger partial charge in [-0.3, -0.25) is 14.9 Å². The predicted octanol–water partition coefficient (Wildman–Crippen LogP) is 4.15. The second-order valence-electron chi connectivity index (χ2n) is 7.83. The summed E-state index contributed by atoms with van der Waals surface area (Å²) in [5.41, 5.74) is 1.08. The van der Waals surface area contributed by atoms with Gasteiger partial charge >= 0.3 is 5.97 Å². The highest BCUT2D eigenvalue weighted by Gasteiger charge is 2.29. The highest BCUT2D eigenvalue weighted by Crippen LogP contribution is 2.27. The number of hydrogen-bond acceptors (Lipinski definition) is 6. The van der Waals surface area contributed by atoms with E-state index in [9.17, 15) is 19.7 Å². The van der Waals surface area contributed by atoms with Crippen LogP contribution in [0.1, 0.15) is 49.0 Å². The summed E-state index contributed by atoms with van der Waals surface area (Å²) in [6.07, 6.45) is 2.92. The minimum Gasteiger partial charge on any atom is -0.452 e. The molecule has 1 amide bonds. The molecule has 1 fully saturated rings. The summed E-state index contributed by atoms with van der Waals surface area (Å²) >= 11 is 0. The highest BCUT2D eigenvalue weighted by molar-refractivity contribution is 5.93. The van der Waals surface area contributed by atoms with Crippen molar-refractivity contribution in [2.75, 3.05) is 11.9 Å². The number of piperidine rings is 1. The Balaban J connectivity index is 1.65. The molecule has 164 valence electrons. The average molecular weight is 425 g/mol. The Labute approximate surface area is 181 Å². The molecule has 1 aliphatic heterocycles. The van der Waals surface area contributed by atoms with Gasteiger partial charge in [0.2, 0.25) is 0 Å². The fourth-order valence-corrected chi connectivity index (χ4v) is 3.95. The maximum absolute atomic E-state index is 12.5. The van der Waals surface area contributed by atoms with Gasteiger partial charge in [0.1, 0.15) is 5.69 Å². The van der Waals surface area contributed by atoms with E-state index in [4.69, 9.17) is 4.74 Å². The number of likely N-dealkylation sites (tertiary alicyclic amines) is 1. The monoisotopic (exact) mass is 425 g/mol. The van der Waals surface area contributed by atoms with E-state index in [1.54, 1.807) is 4.90 Å². The molecule has 8 heteroatoms. The number of rotatable bonds is 7. The molecule has 3 rings (SSSR count). The lowest BCUT2D eigenvalue weighted by atomic mass is 9.97. The Morgan fingerprint density at radius 2 is 1.81 bits per heavy atom. The van der Waals surface area contributed by atoms with Crippen LogP contribution in [0.3, 0.4) is 0 Å². The maximum atomic E-state index is 12.5. The second-order valence-corrected chi connectivity index (χ2v) is 7.83. The van der Waals surface area contributed by atoms with Gasteiger partial charge < -0.3 is 15.0 Å². The number of benzene rings is 2. The van der Waals surface area contributed by atoms with Crippen LogP contribution < -0.4 is 5.32 Å². The number of nitro groups is 1. The first kappa shape index (κ1) is 22.3. The largest absolute Gasteiger partial charge is 0.452 e. The summed E-state index contributed by atoms with van der Waals surface area (Å²) in [4.78, 5) is 37.7. The Morgan fingerprint density at radius 3 is 2.45 bits per heavy atom. The molecular weight excluding hydrogens is 398 g/mol. The quantitative estimate of drug-likeness (QED) is 0.406.